The van der Waals surface area contributed by atoms with Crippen molar-refractivity contribution in [3.8, 4) is 17.0 Å². The van der Waals surface area contributed by atoms with Crippen LogP contribution in [-0.2, 0) is 17.9 Å². The molecule has 0 saturated carbocycles. The molecular formula is C31H32N4O2. The molecule has 0 bridgehead atoms. The fourth-order valence-electron chi connectivity index (χ4n) is 4.87. The minimum absolute atomic E-state index is 0.00608. The molecule has 188 valence electrons. The molecule has 4 aromatic rings. The zero-order valence-corrected chi connectivity index (χ0v) is 21.2. The molecule has 0 aliphatic carbocycles. The number of aromatic nitrogens is 2. The number of amides is 1. The second-order valence-corrected chi connectivity index (χ2v) is 9.42. The van der Waals surface area contributed by atoms with E-state index < -0.39 is 0 Å². The number of nitrogens with zero attached hydrogens (tertiary/aromatic N) is 4. The lowest BCUT2D eigenvalue weighted by Crippen LogP contribution is -2.42. The number of piperidine rings is 1. The van der Waals surface area contributed by atoms with E-state index in [0.717, 1.165) is 59.9 Å². The van der Waals surface area contributed by atoms with Crippen LogP contribution in [0, 0.1) is 5.92 Å². The molecule has 0 spiro atoms. The minimum atomic E-state index is 0.00608. The largest absolute Gasteiger partial charge is 0.497 e. The third-order valence-corrected chi connectivity index (χ3v) is 6.95. The van der Waals surface area contributed by atoms with Gasteiger partial charge in [0.05, 0.1) is 12.8 Å². The van der Waals surface area contributed by atoms with Gasteiger partial charge in [-0.25, -0.2) is 9.97 Å². The first-order chi connectivity index (χ1) is 18.2. The van der Waals surface area contributed by atoms with Gasteiger partial charge < -0.3 is 14.5 Å². The van der Waals surface area contributed by atoms with Gasteiger partial charge in [-0.1, -0.05) is 60.7 Å². The lowest BCUT2D eigenvalue weighted by molar-refractivity contribution is -0.137. The van der Waals surface area contributed by atoms with Crippen molar-refractivity contribution in [2.75, 3.05) is 25.1 Å². The summed E-state index contributed by atoms with van der Waals surface area (Å²) >= 11 is 0. The molecule has 1 aliphatic heterocycles. The monoisotopic (exact) mass is 492 g/mol. The third kappa shape index (κ3) is 6.15. The summed E-state index contributed by atoms with van der Waals surface area (Å²) in [5, 5.41) is 0. The van der Waals surface area contributed by atoms with Gasteiger partial charge >= 0.3 is 0 Å². The third-order valence-electron chi connectivity index (χ3n) is 6.95. The maximum atomic E-state index is 13.7. The van der Waals surface area contributed by atoms with E-state index in [4.69, 9.17) is 4.74 Å². The van der Waals surface area contributed by atoms with Gasteiger partial charge in [0.1, 0.15) is 17.9 Å². The quantitative estimate of drug-likeness (QED) is 0.321. The zero-order chi connectivity index (χ0) is 25.5. The molecule has 0 N–H and O–H groups in total. The van der Waals surface area contributed by atoms with E-state index in [9.17, 15) is 4.79 Å². The number of anilines is 1. The molecule has 0 unspecified atom stereocenters. The number of hydrogen-bond donors (Lipinski definition) is 0. The SMILES string of the molecule is COc1ccc(-c2cc(N3CCC(C(=O)N(Cc4ccccc4)Cc4ccccc4)CC3)ncn2)cc1. The molecule has 6 nitrogen and oxygen atoms in total. The fourth-order valence-corrected chi connectivity index (χ4v) is 4.87. The second-order valence-electron chi connectivity index (χ2n) is 9.42. The van der Waals surface area contributed by atoms with Crippen molar-refractivity contribution in [2.45, 2.75) is 25.9 Å². The van der Waals surface area contributed by atoms with Gasteiger partial charge in [0, 0.05) is 43.7 Å². The molecule has 1 saturated heterocycles. The maximum absolute atomic E-state index is 13.7. The van der Waals surface area contributed by atoms with E-state index in [1.165, 1.54) is 0 Å². The highest BCUT2D eigenvalue weighted by molar-refractivity contribution is 5.79. The molecular weight excluding hydrogens is 460 g/mol. The Labute approximate surface area is 218 Å². The molecule has 1 aliphatic rings. The summed E-state index contributed by atoms with van der Waals surface area (Å²) in [6, 6.07) is 30.4. The van der Waals surface area contributed by atoms with Crippen LogP contribution < -0.4 is 9.64 Å². The zero-order valence-electron chi connectivity index (χ0n) is 21.2. The Bertz CT molecular complexity index is 1250. The highest BCUT2D eigenvalue weighted by atomic mass is 16.5. The molecule has 6 heteroatoms. The number of carbonyl (C=O) groups excluding carboxylic acids is 1. The van der Waals surface area contributed by atoms with Crippen LogP contribution in [0.4, 0.5) is 5.82 Å². The average Bonchev–Trinajstić information content (AvgIpc) is 2.98. The van der Waals surface area contributed by atoms with Gasteiger partial charge in [0.25, 0.3) is 0 Å². The summed E-state index contributed by atoms with van der Waals surface area (Å²) in [6.07, 6.45) is 3.23. The number of benzene rings is 3. The highest BCUT2D eigenvalue weighted by Crippen LogP contribution is 2.28. The van der Waals surface area contributed by atoms with Crippen molar-refractivity contribution >= 4 is 11.7 Å². The van der Waals surface area contributed by atoms with Gasteiger partial charge in [-0.2, -0.15) is 0 Å². The number of hydrogen-bond acceptors (Lipinski definition) is 5. The van der Waals surface area contributed by atoms with Gasteiger partial charge in [-0.05, 0) is 48.2 Å². The number of carbonyl (C=O) groups is 1. The molecule has 1 fully saturated rings. The standard InChI is InChI=1S/C31H32N4O2/c1-37-28-14-12-26(13-15-28)29-20-30(33-23-32-29)34-18-16-27(17-19-34)31(36)35(21-24-8-4-2-5-9-24)22-25-10-6-3-7-11-25/h2-15,20,23,27H,16-19,21-22H2,1H3. The van der Waals surface area contributed by atoms with E-state index >= 15 is 0 Å². The highest BCUT2D eigenvalue weighted by Gasteiger charge is 2.29. The minimum Gasteiger partial charge on any atom is -0.497 e. The average molecular weight is 493 g/mol. The molecule has 1 aromatic heterocycles. The molecule has 2 heterocycles. The van der Waals surface area contributed by atoms with Crippen molar-refractivity contribution in [1.29, 1.82) is 0 Å². The first kappa shape index (κ1) is 24.5. The number of methoxy groups -OCH3 is 1. The van der Waals surface area contributed by atoms with Crippen molar-refractivity contribution in [3.63, 3.8) is 0 Å². The summed E-state index contributed by atoms with van der Waals surface area (Å²) in [4.78, 5) is 27.0. The van der Waals surface area contributed by atoms with Crippen molar-refractivity contribution < 1.29 is 9.53 Å². The van der Waals surface area contributed by atoms with Crippen LogP contribution in [0.1, 0.15) is 24.0 Å². The van der Waals surface area contributed by atoms with Crippen molar-refractivity contribution in [2.24, 2.45) is 5.92 Å². The van der Waals surface area contributed by atoms with E-state index in [-0.39, 0.29) is 11.8 Å². The van der Waals surface area contributed by atoms with Gasteiger partial charge in [0.15, 0.2) is 0 Å². The lowest BCUT2D eigenvalue weighted by Gasteiger charge is -2.35. The van der Waals surface area contributed by atoms with Gasteiger partial charge in [-0.3, -0.25) is 4.79 Å². The summed E-state index contributed by atoms with van der Waals surface area (Å²) in [6.45, 7) is 2.82. The Kier molecular flexibility index (Phi) is 7.75. The first-order valence-electron chi connectivity index (χ1n) is 12.8. The van der Waals surface area contributed by atoms with Crippen LogP contribution in [0.25, 0.3) is 11.3 Å². The molecule has 0 radical (unpaired) electrons. The first-order valence-corrected chi connectivity index (χ1v) is 12.8. The van der Waals surface area contributed by atoms with Gasteiger partial charge in [-0.15, -0.1) is 0 Å². The Hall–Kier alpha value is -4.19. The lowest BCUT2D eigenvalue weighted by atomic mass is 9.94. The smallest absolute Gasteiger partial charge is 0.226 e. The summed E-state index contributed by atoms with van der Waals surface area (Å²) < 4.78 is 5.26. The van der Waals surface area contributed by atoms with Crippen LogP contribution in [-0.4, -0.2) is 41.0 Å². The molecule has 1 amide bonds. The summed E-state index contributed by atoms with van der Waals surface area (Å²) in [5.74, 6) is 1.95. The Morgan fingerprint density at radius 1 is 0.865 bits per heavy atom. The molecule has 37 heavy (non-hydrogen) atoms. The van der Waals surface area contributed by atoms with Crippen molar-refractivity contribution in [1.82, 2.24) is 14.9 Å². The van der Waals surface area contributed by atoms with Crippen LogP contribution in [0.15, 0.2) is 97.3 Å². The van der Waals surface area contributed by atoms with E-state index in [1.807, 2.05) is 71.6 Å². The van der Waals surface area contributed by atoms with Crippen molar-refractivity contribution in [3.05, 3.63) is 108 Å². The number of rotatable bonds is 8. The number of ether oxygens (including phenoxy) is 1. The predicted molar refractivity (Wildman–Crippen MR) is 146 cm³/mol. The maximum Gasteiger partial charge on any atom is 0.226 e. The van der Waals surface area contributed by atoms with E-state index in [1.54, 1.807) is 13.4 Å². The Morgan fingerprint density at radius 2 is 1.46 bits per heavy atom. The summed E-state index contributed by atoms with van der Waals surface area (Å²) in [7, 11) is 1.66. The van der Waals surface area contributed by atoms with E-state index in [0.29, 0.717) is 13.1 Å². The van der Waals surface area contributed by atoms with E-state index in [2.05, 4.69) is 39.1 Å². The normalized spacial score (nSPS) is 13.8. The molecule has 0 atom stereocenters. The Morgan fingerprint density at radius 3 is 2.03 bits per heavy atom. The second kappa shape index (κ2) is 11.7. The summed E-state index contributed by atoms with van der Waals surface area (Å²) in [5.41, 5.74) is 4.20. The van der Waals surface area contributed by atoms with Crippen LogP contribution in [0.2, 0.25) is 0 Å². The molecule has 5 rings (SSSR count). The Balaban J connectivity index is 1.26. The van der Waals surface area contributed by atoms with Gasteiger partial charge in [0.2, 0.25) is 5.91 Å². The van der Waals surface area contributed by atoms with Crippen LogP contribution >= 0.6 is 0 Å². The van der Waals surface area contributed by atoms with Crippen LogP contribution in [0.5, 0.6) is 5.75 Å². The molecule has 3 aromatic carbocycles. The van der Waals surface area contributed by atoms with Crippen LogP contribution in [0.3, 0.4) is 0 Å². The fraction of sp³-hybridized carbons (Fsp3) is 0.258. The topological polar surface area (TPSA) is 58.6 Å². The predicted octanol–water partition coefficient (Wildman–Crippen LogP) is 5.60.